The summed E-state index contributed by atoms with van der Waals surface area (Å²) in [6, 6.07) is 14.8. The van der Waals surface area contributed by atoms with Gasteiger partial charge in [0, 0.05) is 31.2 Å². The Morgan fingerprint density at radius 2 is 1.70 bits per heavy atom. The Labute approximate surface area is 157 Å². The molecule has 3 rings (SSSR count). The summed E-state index contributed by atoms with van der Waals surface area (Å²) in [5.74, 6) is 1.46. The molecule has 138 valence electrons. The maximum Gasteiger partial charge on any atom is 0.261 e. The monoisotopic (exact) mass is 364 g/mol. The van der Waals surface area contributed by atoms with Crippen LogP contribution in [0, 0.1) is 0 Å². The van der Waals surface area contributed by atoms with Crippen molar-refractivity contribution in [1.29, 1.82) is 0 Å². The second-order valence-corrected chi connectivity index (χ2v) is 5.69. The smallest absolute Gasteiger partial charge is 0.261 e. The van der Waals surface area contributed by atoms with Crippen LogP contribution >= 0.6 is 0 Å². The van der Waals surface area contributed by atoms with Gasteiger partial charge in [0.25, 0.3) is 5.91 Å². The molecule has 2 aromatic carbocycles. The van der Waals surface area contributed by atoms with Gasteiger partial charge < -0.3 is 19.7 Å². The minimum absolute atomic E-state index is 0.185. The van der Waals surface area contributed by atoms with Crippen LogP contribution in [0.3, 0.4) is 0 Å². The van der Waals surface area contributed by atoms with E-state index in [9.17, 15) is 4.79 Å². The van der Waals surface area contributed by atoms with Crippen molar-refractivity contribution in [3.8, 4) is 11.5 Å². The van der Waals surface area contributed by atoms with Crippen molar-refractivity contribution in [2.45, 2.75) is 0 Å². The Bertz CT molecular complexity index is 914. The van der Waals surface area contributed by atoms with Crippen molar-refractivity contribution in [2.75, 3.05) is 31.5 Å². The van der Waals surface area contributed by atoms with E-state index >= 15 is 0 Å². The van der Waals surface area contributed by atoms with Gasteiger partial charge in [-0.25, -0.2) is 9.97 Å². The predicted octanol–water partition coefficient (Wildman–Crippen LogP) is 3.51. The van der Waals surface area contributed by atoms with Gasteiger partial charge in [-0.15, -0.1) is 0 Å². The highest BCUT2D eigenvalue weighted by Crippen LogP contribution is 2.30. The van der Waals surface area contributed by atoms with Gasteiger partial charge in [-0.05, 0) is 24.3 Å². The molecule has 1 heterocycles. The molecule has 3 aromatic rings. The molecule has 7 heteroatoms. The van der Waals surface area contributed by atoms with Crippen molar-refractivity contribution >= 4 is 23.2 Å². The molecular formula is C20H20N4O3. The number of nitrogens with zero attached hydrogens (tertiary/aromatic N) is 3. The van der Waals surface area contributed by atoms with E-state index in [0.29, 0.717) is 28.7 Å². The van der Waals surface area contributed by atoms with Crippen LogP contribution in [0.5, 0.6) is 11.5 Å². The molecule has 0 radical (unpaired) electrons. The van der Waals surface area contributed by atoms with Gasteiger partial charge in [-0.3, -0.25) is 4.79 Å². The quantitative estimate of drug-likeness (QED) is 0.721. The van der Waals surface area contributed by atoms with Crippen LogP contribution in [0.1, 0.15) is 10.4 Å². The number of anilines is 3. The molecule has 1 aromatic heterocycles. The average molecular weight is 364 g/mol. The van der Waals surface area contributed by atoms with Crippen molar-refractivity contribution in [2.24, 2.45) is 0 Å². The molecule has 0 aliphatic carbocycles. The Hall–Kier alpha value is -3.61. The van der Waals surface area contributed by atoms with Crippen LogP contribution in [0.4, 0.5) is 17.3 Å². The van der Waals surface area contributed by atoms with E-state index in [-0.39, 0.29) is 5.91 Å². The van der Waals surface area contributed by atoms with Crippen molar-refractivity contribution < 1.29 is 14.3 Å². The first kappa shape index (κ1) is 18.2. The lowest BCUT2D eigenvalue weighted by Crippen LogP contribution is -2.26. The number of carbonyl (C=O) groups is 1. The fourth-order valence-electron chi connectivity index (χ4n) is 2.49. The van der Waals surface area contributed by atoms with Crippen LogP contribution in [0.2, 0.25) is 0 Å². The molecule has 1 amide bonds. The van der Waals surface area contributed by atoms with E-state index in [2.05, 4.69) is 15.3 Å². The molecule has 0 unspecified atom stereocenters. The summed E-state index contributed by atoms with van der Waals surface area (Å²) >= 11 is 0. The first-order chi connectivity index (χ1) is 13.1. The number of hydrogen-bond acceptors (Lipinski definition) is 6. The standard InChI is InChI=1S/C20H20N4O3/c1-24(15-7-5-4-6-8-15)19(25)14-12-21-20(22-13-14)23-17-10-9-16(26-2)11-18(17)27-3/h4-13H,1-3H3,(H,21,22,23). The second-order valence-electron chi connectivity index (χ2n) is 5.69. The van der Waals surface area contributed by atoms with Crippen LogP contribution in [-0.4, -0.2) is 37.1 Å². The lowest BCUT2D eigenvalue weighted by atomic mass is 10.2. The highest BCUT2D eigenvalue weighted by molar-refractivity contribution is 6.05. The molecule has 0 fully saturated rings. The second kappa shape index (κ2) is 8.18. The SMILES string of the molecule is COc1ccc(Nc2ncc(C(=O)N(C)c3ccccc3)cn2)c(OC)c1. The van der Waals surface area contributed by atoms with Gasteiger partial charge in [-0.2, -0.15) is 0 Å². The molecule has 0 saturated heterocycles. The van der Waals surface area contributed by atoms with E-state index in [4.69, 9.17) is 9.47 Å². The van der Waals surface area contributed by atoms with Gasteiger partial charge in [0.1, 0.15) is 11.5 Å². The lowest BCUT2D eigenvalue weighted by Gasteiger charge is -2.17. The fraction of sp³-hybridized carbons (Fsp3) is 0.150. The minimum atomic E-state index is -0.185. The Balaban J connectivity index is 1.75. The summed E-state index contributed by atoms with van der Waals surface area (Å²) in [7, 11) is 4.88. The summed E-state index contributed by atoms with van der Waals surface area (Å²) in [5, 5.41) is 3.07. The first-order valence-electron chi connectivity index (χ1n) is 8.26. The Kier molecular flexibility index (Phi) is 5.51. The van der Waals surface area contributed by atoms with E-state index < -0.39 is 0 Å². The summed E-state index contributed by atoms with van der Waals surface area (Å²) in [4.78, 5) is 22.6. The highest BCUT2D eigenvalue weighted by atomic mass is 16.5. The number of rotatable bonds is 6. The third-order valence-corrected chi connectivity index (χ3v) is 4.00. The van der Waals surface area contributed by atoms with E-state index in [1.165, 1.54) is 12.4 Å². The third-order valence-electron chi connectivity index (χ3n) is 4.00. The molecule has 0 spiro atoms. The average Bonchev–Trinajstić information content (AvgIpc) is 2.74. The zero-order valence-corrected chi connectivity index (χ0v) is 15.3. The number of amides is 1. The van der Waals surface area contributed by atoms with E-state index in [1.54, 1.807) is 38.3 Å². The van der Waals surface area contributed by atoms with Crippen molar-refractivity contribution in [3.63, 3.8) is 0 Å². The number of aromatic nitrogens is 2. The predicted molar refractivity (Wildman–Crippen MR) is 104 cm³/mol. The molecule has 0 bridgehead atoms. The van der Waals surface area contributed by atoms with Crippen molar-refractivity contribution in [3.05, 3.63) is 66.5 Å². The first-order valence-corrected chi connectivity index (χ1v) is 8.26. The topological polar surface area (TPSA) is 76.6 Å². The lowest BCUT2D eigenvalue weighted by molar-refractivity contribution is 0.0992. The van der Waals surface area contributed by atoms with Crippen LogP contribution in [0.15, 0.2) is 60.9 Å². The zero-order valence-electron chi connectivity index (χ0n) is 15.3. The number of nitrogens with one attached hydrogen (secondary N) is 1. The summed E-state index contributed by atoms with van der Waals surface area (Å²) in [6.07, 6.45) is 2.99. The minimum Gasteiger partial charge on any atom is -0.497 e. The normalized spacial score (nSPS) is 10.2. The van der Waals surface area contributed by atoms with Crippen LogP contribution in [0.25, 0.3) is 0 Å². The van der Waals surface area contributed by atoms with Crippen LogP contribution < -0.4 is 19.7 Å². The van der Waals surface area contributed by atoms with Gasteiger partial charge in [0.05, 0.1) is 25.5 Å². The number of hydrogen-bond donors (Lipinski definition) is 1. The summed E-state index contributed by atoms with van der Waals surface area (Å²) in [6.45, 7) is 0. The molecule has 1 N–H and O–H groups in total. The largest absolute Gasteiger partial charge is 0.497 e. The van der Waals surface area contributed by atoms with Gasteiger partial charge >= 0.3 is 0 Å². The molecule has 7 nitrogen and oxygen atoms in total. The van der Waals surface area contributed by atoms with Crippen molar-refractivity contribution in [1.82, 2.24) is 9.97 Å². The highest BCUT2D eigenvalue weighted by Gasteiger charge is 2.14. The number of para-hydroxylation sites is 1. The van der Waals surface area contributed by atoms with E-state index in [1.807, 2.05) is 36.4 Å². The molecule has 0 saturated carbocycles. The Morgan fingerprint density at radius 1 is 1.00 bits per heavy atom. The molecule has 0 aliphatic rings. The Morgan fingerprint density at radius 3 is 2.33 bits per heavy atom. The molecular weight excluding hydrogens is 344 g/mol. The number of benzene rings is 2. The fourth-order valence-corrected chi connectivity index (χ4v) is 2.49. The van der Waals surface area contributed by atoms with E-state index in [0.717, 1.165) is 5.69 Å². The van der Waals surface area contributed by atoms with Gasteiger partial charge in [0.2, 0.25) is 5.95 Å². The molecule has 0 atom stereocenters. The number of ether oxygens (including phenoxy) is 2. The molecule has 0 aliphatic heterocycles. The maximum atomic E-state index is 12.6. The maximum absolute atomic E-state index is 12.6. The van der Waals surface area contributed by atoms with Crippen LogP contribution in [-0.2, 0) is 0 Å². The summed E-state index contributed by atoms with van der Waals surface area (Å²) in [5.41, 5.74) is 1.89. The number of carbonyl (C=O) groups excluding carboxylic acids is 1. The number of methoxy groups -OCH3 is 2. The summed E-state index contributed by atoms with van der Waals surface area (Å²) < 4.78 is 10.5. The zero-order chi connectivity index (χ0) is 19.2. The third kappa shape index (κ3) is 4.14. The molecule has 27 heavy (non-hydrogen) atoms. The van der Waals surface area contributed by atoms with Gasteiger partial charge in [-0.1, -0.05) is 18.2 Å². The van der Waals surface area contributed by atoms with Gasteiger partial charge in [0.15, 0.2) is 0 Å².